The van der Waals surface area contributed by atoms with E-state index in [1.54, 1.807) is 25.8 Å². The van der Waals surface area contributed by atoms with Crippen molar-refractivity contribution in [3.05, 3.63) is 5.43 Å². The van der Waals surface area contributed by atoms with Crippen LogP contribution in [0.1, 0.15) is 13.8 Å². The number of hydrogen-bond donors (Lipinski definition) is 4. The molecule has 0 saturated carbocycles. The van der Waals surface area contributed by atoms with Crippen molar-refractivity contribution < 1.29 is 25.5 Å². The maximum absolute atomic E-state index is 9.73. The summed E-state index contributed by atoms with van der Waals surface area (Å²) in [5.41, 5.74) is 14.1. The van der Waals surface area contributed by atoms with Gasteiger partial charge < -0.3 is 37.7 Å². The smallest absolute Gasteiger partial charge is 0.153 e. The predicted octanol–water partition coefficient (Wildman–Crippen LogP) is -0.275. The number of nitrogens with zero attached hydrogens (tertiary/aromatic N) is 4. The molecule has 0 amide bonds. The number of aromatic nitrogens is 2. The van der Waals surface area contributed by atoms with E-state index >= 15 is 0 Å². The number of anilines is 3. The molecule has 1 radical (unpaired) electrons. The molecular weight excluding hydrogens is 408 g/mol. The van der Waals surface area contributed by atoms with Crippen molar-refractivity contribution in [3.63, 3.8) is 0 Å². The maximum atomic E-state index is 9.73. The minimum atomic E-state index is -0.888. The Labute approximate surface area is 120 Å². The third-order valence-electron chi connectivity index (χ3n) is 2.03. The Balaban J connectivity index is 0.00000289. The number of rotatable bonds is 4. The molecular formula is C9H18N7ORe-. The summed E-state index contributed by atoms with van der Waals surface area (Å²) >= 11 is 0. The normalized spacial score (nSPS) is 10.7. The van der Waals surface area contributed by atoms with E-state index in [4.69, 9.17) is 17.3 Å². The molecule has 0 unspecified atom stereocenters. The van der Waals surface area contributed by atoms with Crippen LogP contribution < -0.4 is 22.2 Å². The fourth-order valence-corrected chi connectivity index (χ4v) is 1.51. The van der Waals surface area contributed by atoms with E-state index in [0.29, 0.717) is 12.4 Å². The van der Waals surface area contributed by atoms with Gasteiger partial charge in [-0.05, 0) is 19.7 Å². The Bertz CT molecular complexity index is 407. The van der Waals surface area contributed by atoms with Crippen molar-refractivity contribution in [2.45, 2.75) is 19.4 Å². The van der Waals surface area contributed by atoms with Crippen LogP contribution in [0.2, 0.25) is 0 Å². The molecule has 0 aliphatic carbocycles. The minimum absolute atomic E-state index is 0. The molecule has 1 aromatic heterocycles. The minimum Gasteiger partial charge on any atom is -0.403 e. The van der Waals surface area contributed by atoms with Gasteiger partial charge in [0.1, 0.15) is 5.95 Å². The topological polar surface area (TPSA) is 141 Å². The quantitative estimate of drug-likeness (QED) is 0.383. The van der Waals surface area contributed by atoms with Crippen LogP contribution in [0.15, 0.2) is 0 Å². The Hall–Kier alpha value is -1.14. The maximum Gasteiger partial charge on any atom is 0.153 e. The fraction of sp³-hybridized carbons (Fsp3) is 0.556. The first-order chi connectivity index (χ1) is 7.74. The second-order valence-electron chi connectivity index (χ2n) is 4.44. The zero-order valence-corrected chi connectivity index (χ0v) is 13.3. The zero-order valence-electron chi connectivity index (χ0n) is 10.6. The summed E-state index contributed by atoms with van der Waals surface area (Å²) < 4.78 is 0. The third kappa shape index (κ3) is 4.27. The van der Waals surface area contributed by atoms with Gasteiger partial charge >= 0.3 is 0 Å². The first kappa shape index (κ1) is 16.9. The van der Waals surface area contributed by atoms with Crippen molar-refractivity contribution >= 4 is 23.3 Å². The summed E-state index contributed by atoms with van der Waals surface area (Å²) in [5.74, 6) is 5.70. The standard InChI is InChI=1S/C9H18N7O.Re/c1-9(2,17)4-16(3)7-5(10)6(15-12)13-8(11)14-7;/h17H,4,10,12H2,1-3H3,(H2-,11,13,14,15);/q-1;. The average molecular weight is 426 g/mol. The van der Waals surface area contributed by atoms with Crippen LogP contribution in [0.25, 0.3) is 5.43 Å². The summed E-state index contributed by atoms with van der Waals surface area (Å²) in [6, 6.07) is 0. The van der Waals surface area contributed by atoms with Gasteiger partial charge in [-0.3, -0.25) is 0 Å². The van der Waals surface area contributed by atoms with Crippen molar-refractivity contribution in [1.29, 1.82) is 0 Å². The molecule has 0 aliphatic rings. The number of aliphatic hydroxyl groups is 1. The number of hydrogen-bond acceptors (Lipinski definition) is 7. The Morgan fingerprint density at radius 1 is 1.33 bits per heavy atom. The number of nitrogen functional groups attached to an aromatic ring is 2. The second-order valence-corrected chi connectivity index (χ2v) is 4.44. The molecule has 0 saturated heterocycles. The van der Waals surface area contributed by atoms with Gasteiger partial charge in [-0.25, -0.2) is 4.98 Å². The molecule has 0 aliphatic heterocycles. The molecule has 1 aromatic rings. The van der Waals surface area contributed by atoms with Gasteiger partial charge in [0.25, 0.3) is 0 Å². The average Bonchev–Trinajstić information content (AvgIpc) is 2.18. The zero-order chi connectivity index (χ0) is 13.2. The van der Waals surface area contributed by atoms with Crippen molar-refractivity contribution in [2.24, 2.45) is 5.84 Å². The largest absolute Gasteiger partial charge is 0.403 e. The van der Waals surface area contributed by atoms with Crippen molar-refractivity contribution in [3.8, 4) is 0 Å². The van der Waals surface area contributed by atoms with E-state index in [9.17, 15) is 5.11 Å². The SMILES string of the molecule is CN(CC(C)(C)O)c1nc(N)nc([N-]N)c1N.[Re]. The van der Waals surface area contributed by atoms with E-state index in [-0.39, 0.29) is 37.9 Å². The summed E-state index contributed by atoms with van der Waals surface area (Å²) in [7, 11) is 1.73. The van der Waals surface area contributed by atoms with E-state index in [0.717, 1.165) is 0 Å². The molecule has 8 nitrogen and oxygen atoms in total. The fourth-order valence-electron chi connectivity index (χ4n) is 1.51. The Morgan fingerprint density at radius 3 is 2.33 bits per heavy atom. The number of nitrogens with two attached hydrogens (primary N) is 3. The first-order valence-electron chi connectivity index (χ1n) is 5.02. The van der Waals surface area contributed by atoms with Crippen LogP contribution in [-0.4, -0.2) is 34.3 Å². The van der Waals surface area contributed by atoms with Crippen LogP contribution in [0, 0.1) is 0 Å². The molecule has 0 spiro atoms. The van der Waals surface area contributed by atoms with Gasteiger partial charge in [0.15, 0.2) is 5.82 Å². The van der Waals surface area contributed by atoms with Gasteiger partial charge in [0.2, 0.25) is 0 Å². The first-order valence-corrected chi connectivity index (χ1v) is 5.02. The van der Waals surface area contributed by atoms with Gasteiger partial charge in [0.05, 0.1) is 11.3 Å². The van der Waals surface area contributed by atoms with E-state index in [1.807, 2.05) is 0 Å². The molecule has 7 N–H and O–H groups in total. The molecule has 0 fully saturated rings. The van der Waals surface area contributed by atoms with Crippen molar-refractivity contribution in [2.75, 3.05) is 30.0 Å². The summed E-state index contributed by atoms with van der Waals surface area (Å²) in [5, 5.41) is 9.73. The van der Waals surface area contributed by atoms with Crippen molar-refractivity contribution in [1.82, 2.24) is 9.97 Å². The van der Waals surface area contributed by atoms with E-state index in [1.165, 1.54) is 0 Å². The van der Waals surface area contributed by atoms with Gasteiger partial charge in [-0.15, -0.1) is 0 Å². The third-order valence-corrected chi connectivity index (χ3v) is 2.03. The molecule has 103 valence electrons. The van der Waals surface area contributed by atoms with Crippen LogP contribution >= 0.6 is 0 Å². The van der Waals surface area contributed by atoms with Gasteiger partial charge in [-0.1, -0.05) is 0 Å². The summed E-state index contributed by atoms with van der Waals surface area (Å²) in [6.45, 7) is 3.69. The Kier molecular flexibility index (Phi) is 5.76. The molecule has 1 heterocycles. The monoisotopic (exact) mass is 427 g/mol. The predicted molar refractivity (Wildman–Crippen MR) is 67.6 cm³/mol. The van der Waals surface area contributed by atoms with Crippen LogP contribution in [0.4, 0.5) is 23.3 Å². The molecule has 0 aromatic carbocycles. The van der Waals surface area contributed by atoms with Gasteiger partial charge in [0, 0.05) is 34.0 Å². The molecule has 1 rings (SSSR count). The van der Waals surface area contributed by atoms with Crippen LogP contribution in [-0.2, 0) is 20.4 Å². The molecule has 9 heteroatoms. The molecule has 18 heavy (non-hydrogen) atoms. The second kappa shape index (κ2) is 6.15. The van der Waals surface area contributed by atoms with Crippen LogP contribution in [0.5, 0.6) is 0 Å². The number of likely N-dealkylation sites (N-methyl/N-ethyl adjacent to an activating group) is 1. The van der Waals surface area contributed by atoms with Crippen LogP contribution in [0.3, 0.4) is 0 Å². The van der Waals surface area contributed by atoms with E-state index < -0.39 is 5.60 Å². The summed E-state index contributed by atoms with van der Waals surface area (Å²) in [4.78, 5) is 9.47. The summed E-state index contributed by atoms with van der Waals surface area (Å²) in [6.07, 6.45) is 0. The van der Waals surface area contributed by atoms with Gasteiger partial charge in [-0.2, -0.15) is 0 Å². The van der Waals surface area contributed by atoms with E-state index in [2.05, 4.69) is 15.4 Å². The molecule has 0 bridgehead atoms. The Morgan fingerprint density at radius 2 is 1.89 bits per heavy atom. The molecule has 0 atom stereocenters.